The van der Waals surface area contributed by atoms with Crippen LogP contribution in [0.4, 0.5) is 33.5 Å². The van der Waals surface area contributed by atoms with Crippen LogP contribution in [0.5, 0.6) is 5.75 Å². The smallest absolute Gasteiger partial charge is 0.387 e. The molecular formula is C36H40F5N8O3+. The maximum absolute atomic E-state index is 15.4. The number of benzene rings is 2. The number of nitrogens with zero attached hydrogens (tertiary/aromatic N) is 6. The number of quaternary nitrogens is 1. The Balaban J connectivity index is 0.962. The first-order chi connectivity index (χ1) is 25.0. The summed E-state index contributed by atoms with van der Waals surface area (Å²) in [7, 11) is 2.30. The SMILES string of the molecule is C[N+]1(CC2CCNC2)CCC(C(=O)N2CCN(C(=O)c3ccc(Nc4nccn5c(-c6ccc(OC(F)F)c(F)c6F)cnc45)cc3F)CC2)CC1. The van der Waals surface area contributed by atoms with Gasteiger partial charge in [-0.1, -0.05) is 0 Å². The van der Waals surface area contributed by atoms with E-state index >= 15 is 4.39 Å². The van der Waals surface area contributed by atoms with E-state index < -0.39 is 35.7 Å². The summed E-state index contributed by atoms with van der Waals surface area (Å²) in [6.07, 6.45) is 7.00. The molecule has 1 unspecified atom stereocenters. The Morgan fingerprint density at radius 2 is 1.75 bits per heavy atom. The molecular weight excluding hydrogens is 687 g/mol. The molecule has 0 saturated carbocycles. The van der Waals surface area contributed by atoms with Crippen LogP contribution in [0.2, 0.25) is 0 Å². The number of hydrogen-bond donors (Lipinski definition) is 2. The fraction of sp³-hybridized carbons (Fsp3) is 0.444. The molecule has 52 heavy (non-hydrogen) atoms. The van der Waals surface area contributed by atoms with Gasteiger partial charge in [0.25, 0.3) is 5.91 Å². The number of fused-ring (bicyclic) bond motifs is 1. The molecule has 3 aliphatic heterocycles. The normalized spacial score (nSPS) is 22.3. The monoisotopic (exact) mass is 727 g/mol. The van der Waals surface area contributed by atoms with E-state index in [1.165, 1.54) is 41.5 Å². The van der Waals surface area contributed by atoms with Crippen molar-refractivity contribution in [2.45, 2.75) is 25.9 Å². The predicted molar refractivity (Wildman–Crippen MR) is 182 cm³/mol. The average Bonchev–Trinajstić information content (AvgIpc) is 3.81. The molecule has 16 heteroatoms. The molecule has 0 bridgehead atoms. The number of rotatable bonds is 9. The largest absolute Gasteiger partial charge is 0.432 e. The second kappa shape index (κ2) is 14.7. The first kappa shape index (κ1) is 35.6. The average molecular weight is 728 g/mol. The van der Waals surface area contributed by atoms with Crippen LogP contribution >= 0.6 is 0 Å². The molecule has 11 nitrogen and oxygen atoms in total. The summed E-state index contributed by atoms with van der Waals surface area (Å²) in [5.74, 6) is -4.15. The fourth-order valence-electron chi connectivity index (χ4n) is 7.70. The number of halogens is 5. The third kappa shape index (κ3) is 7.26. The highest BCUT2D eigenvalue weighted by molar-refractivity contribution is 5.95. The predicted octanol–water partition coefficient (Wildman–Crippen LogP) is 4.91. The number of piperazine rings is 1. The summed E-state index contributed by atoms with van der Waals surface area (Å²) in [4.78, 5) is 38.6. The number of nitrogens with one attached hydrogen (secondary N) is 2. The highest BCUT2D eigenvalue weighted by Crippen LogP contribution is 2.33. The number of carbonyl (C=O) groups is 2. The van der Waals surface area contributed by atoms with Gasteiger partial charge in [-0.05, 0) is 43.3 Å². The van der Waals surface area contributed by atoms with Gasteiger partial charge in [0.15, 0.2) is 23.0 Å². The quantitative estimate of drug-likeness (QED) is 0.187. The lowest BCUT2D eigenvalue weighted by molar-refractivity contribution is -0.917. The Morgan fingerprint density at radius 3 is 2.44 bits per heavy atom. The Morgan fingerprint density at radius 1 is 1.00 bits per heavy atom. The standard InChI is InChI=1S/C36H39F5N8O3/c1-49(21-22-6-9-42-19-22)16-7-23(8-17-49)34(50)46-12-14-47(15-13-46)35(51)25-3-2-24(18-27(25)37)45-32-33-44-20-28(48(33)11-10-43-32)26-4-5-29(52-36(40)41)31(39)30(26)38/h2-5,10-11,18,20,22-23,36,42H,6-9,12-17,19,21H2,1H3/p+1. The summed E-state index contributed by atoms with van der Waals surface area (Å²) in [5.41, 5.74) is 0.163. The van der Waals surface area contributed by atoms with E-state index in [2.05, 4.69) is 32.4 Å². The lowest BCUT2D eigenvalue weighted by atomic mass is 9.92. The molecule has 1 atom stereocenters. The lowest BCUT2D eigenvalue weighted by Gasteiger charge is -2.43. The molecule has 3 saturated heterocycles. The van der Waals surface area contributed by atoms with Gasteiger partial charge in [-0.2, -0.15) is 13.2 Å². The highest BCUT2D eigenvalue weighted by atomic mass is 19.3. The Kier molecular flexibility index (Phi) is 10.0. The number of likely N-dealkylation sites (tertiary alicyclic amines) is 1. The Hall–Kier alpha value is -4.83. The van der Waals surface area contributed by atoms with Crippen LogP contribution in [0, 0.1) is 29.3 Å². The number of alkyl halides is 2. The van der Waals surface area contributed by atoms with Crippen molar-refractivity contribution in [3.63, 3.8) is 0 Å². The molecule has 7 rings (SSSR count). The van der Waals surface area contributed by atoms with Crippen molar-refractivity contribution >= 4 is 29.0 Å². The van der Waals surface area contributed by atoms with Gasteiger partial charge in [-0.15, -0.1) is 0 Å². The molecule has 3 aliphatic rings. The van der Waals surface area contributed by atoms with Gasteiger partial charge in [-0.3, -0.25) is 14.0 Å². The summed E-state index contributed by atoms with van der Waals surface area (Å²) >= 11 is 0. The van der Waals surface area contributed by atoms with Gasteiger partial charge >= 0.3 is 6.61 Å². The molecule has 0 aliphatic carbocycles. The summed E-state index contributed by atoms with van der Waals surface area (Å²) in [6, 6.07) is 6.02. The van der Waals surface area contributed by atoms with E-state index in [-0.39, 0.29) is 45.8 Å². The second-order valence-corrected chi connectivity index (χ2v) is 14.1. The maximum Gasteiger partial charge on any atom is 0.387 e. The van der Waals surface area contributed by atoms with E-state index in [0.717, 1.165) is 68.2 Å². The van der Waals surface area contributed by atoms with Crippen LogP contribution in [-0.2, 0) is 4.79 Å². The summed E-state index contributed by atoms with van der Waals surface area (Å²) in [5, 5.41) is 6.39. The van der Waals surface area contributed by atoms with Crippen molar-refractivity contribution in [3.05, 3.63) is 71.9 Å². The zero-order valence-corrected chi connectivity index (χ0v) is 28.6. The van der Waals surface area contributed by atoms with Crippen LogP contribution in [0.3, 0.4) is 0 Å². The number of imidazole rings is 1. The Bertz CT molecular complexity index is 1950. The first-order valence-corrected chi connectivity index (χ1v) is 17.4. The lowest BCUT2D eigenvalue weighted by Crippen LogP contribution is -2.56. The van der Waals surface area contributed by atoms with Gasteiger partial charge < -0.3 is 29.7 Å². The zero-order valence-electron chi connectivity index (χ0n) is 28.6. The van der Waals surface area contributed by atoms with Gasteiger partial charge in [0.05, 0.1) is 44.1 Å². The van der Waals surface area contributed by atoms with Crippen molar-refractivity contribution in [1.29, 1.82) is 0 Å². The van der Waals surface area contributed by atoms with E-state index in [1.54, 1.807) is 4.90 Å². The molecule has 0 spiro atoms. The minimum absolute atomic E-state index is 0.00702. The van der Waals surface area contributed by atoms with E-state index in [4.69, 9.17) is 0 Å². The first-order valence-electron chi connectivity index (χ1n) is 17.4. The van der Waals surface area contributed by atoms with Crippen LogP contribution < -0.4 is 15.4 Å². The number of carbonyl (C=O) groups excluding carboxylic acids is 2. The van der Waals surface area contributed by atoms with Crippen molar-refractivity contribution in [2.75, 3.05) is 71.3 Å². The maximum atomic E-state index is 15.4. The molecule has 5 heterocycles. The molecule has 3 fully saturated rings. The highest BCUT2D eigenvalue weighted by Gasteiger charge is 2.38. The van der Waals surface area contributed by atoms with Gasteiger partial charge in [0, 0.05) is 81.0 Å². The molecule has 4 aromatic rings. The Labute approximate surface area is 297 Å². The molecule has 2 aromatic heterocycles. The fourth-order valence-corrected chi connectivity index (χ4v) is 7.70. The van der Waals surface area contributed by atoms with E-state index in [9.17, 15) is 27.2 Å². The van der Waals surface area contributed by atoms with Crippen LogP contribution in [0.1, 0.15) is 29.6 Å². The summed E-state index contributed by atoms with van der Waals surface area (Å²) in [6.45, 7) is 3.36. The third-order valence-corrected chi connectivity index (χ3v) is 10.6. The number of aromatic nitrogens is 3. The minimum atomic E-state index is -3.33. The second-order valence-electron chi connectivity index (χ2n) is 14.1. The molecule has 2 amide bonds. The van der Waals surface area contributed by atoms with Crippen molar-refractivity contribution in [2.24, 2.45) is 11.8 Å². The van der Waals surface area contributed by atoms with Gasteiger partial charge in [0.1, 0.15) is 5.82 Å². The minimum Gasteiger partial charge on any atom is -0.432 e. The topological polar surface area (TPSA) is 104 Å². The number of amides is 2. The van der Waals surface area contributed by atoms with Crippen LogP contribution in [0.15, 0.2) is 48.9 Å². The third-order valence-electron chi connectivity index (χ3n) is 10.6. The van der Waals surface area contributed by atoms with Crippen molar-refractivity contribution in [3.8, 4) is 17.0 Å². The summed E-state index contributed by atoms with van der Waals surface area (Å²) < 4.78 is 76.3. The van der Waals surface area contributed by atoms with Crippen molar-refractivity contribution in [1.82, 2.24) is 29.5 Å². The van der Waals surface area contributed by atoms with E-state index in [0.29, 0.717) is 32.1 Å². The van der Waals surface area contributed by atoms with Gasteiger partial charge in [0.2, 0.25) is 11.7 Å². The number of anilines is 2. The number of hydrogen-bond acceptors (Lipinski definition) is 7. The molecule has 2 N–H and O–H groups in total. The number of ether oxygens (including phenoxy) is 1. The van der Waals surface area contributed by atoms with Crippen molar-refractivity contribution < 1.29 is 40.8 Å². The van der Waals surface area contributed by atoms with Crippen LogP contribution in [-0.4, -0.2) is 113 Å². The number of piperidine rings is 1. The molecule has 2 aromatic carbocycles. The van der Waals surface area contributed by atoms with Crippen LogP contribution in [0.25, 0.3) is 16.9 Å². The zero-order chi connectivity index (χ0) is 36.6. The molecule has 0 radical (unpaired) electrons. The van der Waals surface area contributed by atoms with Gasteiger partial charge in [-0.25, -0.2) is 18.7 Å². The van der Waals surface area contributed by atoms with E-state index in [1.807, 2.05) is 4.90 Å². The molecule has 276 valence electrons.